The van der Waals surface area contributed by atoms with Crippen molar-refractivity contribution in [2.45, 2.75) is 6.54 Å². The van der Waals surface area contributed by atoms with E-state index in [0.717, 1.165) is 16.4 Å². The molecule has 1 aromatic heterocycles. The molecule has 0 atom stereocenters. The summed E-state index contributed by atoms with van der Waals surface area (Å²) in [6.45, 7) is 0.678. The Bertz CT molecular complexity index is 470. The van der Waals surface area contributed by atoms with E-state index >= 15 is 0 Å². The molecule has 0 saturated heterocycles. The summed E-state index contributed by atoms with van der Waals surface area (Å²) in [6.07, 6.45) is 1.65. The van der Waals surface area contributed by atoms with E-state index in [4.69, 9.17) is 10.5 Å². The van der Waals surface area contributed by atoms with Gasteiger partial charge >= 0.3 is 0 Å². The van der Waals surface area contributed by atoms with Crippen molar-refractivity contribution >= 4 is 21.5 Å². The summed E-state index contributed by atoms with van der Waals surface area (Å²) in [5.74, 6) is 0.875. The first kappa shape index (κ1) is 10.8. The average Bonchev–Trinajstić information content (AvgIpc) is 2.73. The smallest absolute Gasteiger partial charge is 0.184 e. The van der Waals surface area contributed by atoms with Crippen molar-refractivity contribution in [3.8, 4) is 5.75 Å². The summed E-state index contributed by atoms with van der Waals surface area (Å²) in [5, 5.41) is 4.74. The topological polar surface area (TPSA) is 60.2 Å². The fourth-order valence-corrected chi connectivity index (χ4v) is 1.97. The van der Waals surface area contributed by atoms with Crippen molar-refractivity contribution < 1.29 is 4.74 Å². The molecule has 0 aliphatic carbocycles. The first-order chi connectivity index (χ1) is 7.79. The molecule has 0 saturated carbocycles. The van der Waals surface area contributed by atoms with E-state index in [0.29, 0.717) is 11.5 Å². The van der Waals surface area contributed by atoms with E-state index in [1.807, 2.05) is 24.3 Å². The fraction of sp³-hybridized carbons (Fsp3) is 0.182. The number of nitrogen functional groups attached to an aromatic ring is 1. The first-order valence-electron chi connectivity index (χ1n) is 4.86. The SMILES string of the molecule is COc1ccccc1CNc1ncc(N)s1. The number of hydrogen-bond acceptors (Lipinski definition) is 5. The second-order valence-electron chi connectivity index (χ2n) is 3.23. The molecular weight excluding hydrogens is 222 g/mol. The van der Waals surface area contributed by atoms with Crippen molar-refractivity contribution in [1.82, 2.24) is 4.98 Å². The number of benzene rings is 1. The summed E-state index contributed by atoms with van der Waals surface area (Å²) < 4.78 is 5.26. The molecule has 4 nitrogen and oxygen atoms in total. The van der Waals surface area contributed by atoms with Crippen LogP contribution >= 0.6 is 11.3 Å². The van der Waals surface area contributed by atoms with Gasteiger partial charge in [0.1, 0.15) is 10.8 Å². The van der Waals surface area contributed by atoms with Gasteiger partial charge in [-0.3, -0.25) is 0 Å². The summed E-state index contributed by atoms with van der Waals surface area (Å²) >= 11 is 1.44. The minimum absolute atomic E-state index is 0.678. The lowest BCUT2D eigenvalue weighted by atomic mass is 10.2. The molecule has 1 heterocycles. The number of methoxy groups -OCH3 is 1. The molecule has 84 valence electrons. The second-order valence-corrected chi connectivity index (χ2v) is 4.30. The van der Waals surface area contributed by atoms with Crippen LogP contribution in [0.25, 0.3) is 0 Å². The molecule has 0 bridgehead atoms. The number of aromatic nitrogens is 1. The minimum Gasteiger partial charge on any atom is -0.496 e. The predicted octanol–water partition coefficient (Wildman–Crippen LogP) is 2.35. The van der Waals surface area contributed by atoms with Gasteiger partial charge in [-0.15, -0.1) is 0 Å². The van der Waals surface area contributed by atoms with Crippen LogP contribution in [0.2, 0.25) is 0 Å². The van der Waals surface area contributed by atoms with Crippen molar-refractivity contribution in [1.29, 1.82) is 0 Å². The molecule has 0 aliphatic heterocycles. The number of anilines is 2. The summed E-state index contributed by atoms with van der Waals surface area (Å²) in [6, 6.07) is 7.88. The molecule has 0 unspecified atom stereocenters. The van der Waals surface area contributed by atoms with Gasteiger partial charge in [-0.1, -0.05) is 29.5 Å². The van der Waals surface area contributed by atoms with E-state index in [2.05, 4.69) is 10.3 Å². The van der Waals surface area contributed by atoms with Gasteiger partial charge in [-0.05, 0) is 6.07 Å². The van der Waals surface area contributed by atoms with E-state index in [-0.39, 0.29) is 0 Å². The molecule has 5 heteroatoms. The van der Waals surface area contributed by atoms with Crippen molar-refractivity contribution in [2.24, 2.45) is 0 Å². The Morgan fingerprint density at radius 2 is 2.25 bits per heavy atom. The highest BCUT2D eigenvalue weighted by molar-refractivity contribution is 7.19. The van der Waals surface area contributed by atoms with E-state index in [9.17, 15) is 0 Å². The molecule has 1 aromatic carbocycles. The van der Waals surface area contributed by atoms with Crippen LogP contribution in [-0.4, -0.2) is 12.1 Å². The van der Waals surface area contributed by atoms with E-state index in [1.54, 1.807) is 13.3 Å². The number of nitrogens with one attached hydrogen (secondary N) is 1. The standard InChI is InChI=1S/C11H13N3OS/c1-15-9-5-3-2-4-8(9)6-13-11-14-7-10(12)16-11/h2-5,7H,6,12H2,1H3,(H,13,14). The maximum absolute atomic E-state index is 5.59. The minimum atomic E-state index is 0.678. The Morgan fingerprint density at radius 3 is 2.94 bits per heavy atom. The quantitative estimate of drug-likeness (QED) is 0.854. The van der Waals surface area contributed by atoms with Gasteiger partial charge in [-0.2, -0.15) is 0 Å². The number of thiazole rings is 1. The lowest BCUT2D eigenvalue weighted by Crippen LogP contribution is -2.00. The first-order valence-corrected chi connectivity index (χ1v) is 5.68. The number of nitrogens with two attached hydrogens (primary N) is 1. The number of rotatable bonds is 4. The van der Waals surface area contributed by atoms with Crippen LogP contribution < -0.4 is 15.8 Å². The lowest BCUT2D eigenvalue weighted by Gasteiger charge is -2.08. The third kappa shape index (κ3) is 2.43. The van der Waals surface area contributed by atoms with Crippen LogP contribution in [0.1, 0.15) is 5.56 Å². The molecule has 0 radical (unpaired) electrons. The van der Waals surface area contributed by atoms with Crippen molar-refractivity contribution in [3.63, 3.8) is 0 Å². The van der Waals surface area contributed by atoms with Gasteiger partial charge in [0.2, 0.25) is 0 Å². The van der Waals surface area contributed by atoms with Crippen LogP contribution in [-0.2, 0) is 6.54 Å². The van der Waals surface area contributed by atoms with Gasteiger partial charge in [0.05, 0.1) is 13.3 Å². The normalized spacial score (nSPS) is 10.1. The fourth-order valence-electron chi connectivity index (χ4n) is 1.39. The average molecular weight is 235 g/mol. The highest BCUT2D eigenvalue weighted by atomic mass is 32.1. The zero-order chi connectivity index (χ0) is 11.4. The molecule has 3 N–H and O–H groups in total. The van der Waals surface area contributed by atoms with Crippen LogP contribution in [0.5, 0.6) is 5.75 Å². The highest BCUT2D eigenvalue weighted by Gasteiger charge is 2.02. The second kappa shape index (κ2) is 4.85. The largest absolute Gasteiger partial charge is 0.496 e. The zero-order valence-electron chi connectivity index (χ0n) is 8.93. The molecule has 0 aliphatic rings. The Morgan fingerprint density at radius 1 is 1.44 bits per heavy atom. The molecule has 0 spiro atoms. The van der Waals surface area contributed by atoms with E-state index in [1.165, 1.54) is 11.3 Å². The Hall–Kier alpha value is -1.75. The van der Waals surface area contributed by atoms with Gasteiger partial charge < -0.3 is 15.8 Å². The van der Waals surface area contributed by atoms with Crippen molar-refractivity contribution in [3.05, 3.63) is 36.0 Å². The number of nitrogens with zero attached hydrogens (tertiary/aromatic N) is 1. The maximum Gasteiger partial charge on any atom is 0.184 e. The maximum atomic E-state index is 5.59. The summed E-state index contributed by atoms with van der Waals surface area (Å²) in [5.41, 5.74) is 6.69. The van der Waals surface area contributed by atoms with Crippen LogP contribution in [0.15, 0.2) is 30.5 Å². The van der Waals surface area contributed by atoms with Gasteiger partial charge in [0.25, 0.3) is 0 Å². The molecule has 0 fully saturated rings. The van der Waals surface area contributed by atoms with Crippen LogP contribution in [0, 0.1) is 0 Å². The Labute approximate surface area is 98.1 Å². The van der Waals surface area contributed by atoms with Gasteiger partial charge in [0.15, 0.2) is 5.13 Å². The Kier molecular flexibility index (Phi) is 3.26. The third-order valence-electron chi connectivity index (χ3n) is 2.15. The highest BCUT2D eigenvalue weighted by Crippen LogP contribution is 2.22. The van der Waals surface area contributed by atoms with Crippen LogP contribution in [0.3, 0.4) is 0 Å². The summed E-state index contributed by atoms with van der Waals surface area (Å²) in [4.78, 5) is 4.13. The number of para-hydroxylation sites is 1. The van der Waals surface area contributed by atoms with Crippen molar-refractivity contribution in [2.75, 3.05) is 18.2 Å². The Balaban J connectivity index is 2.04. The third-order valence-corrected chi connectivity index (χ3v) is 2.93. The van der Waals surface area contributed by atoms with Gasteiger partial charge in [0, 0.05) is 12.1 Å². The van der Waals surface area contributed by atoms with Crippen LogP contribution in [0.4, 0.5) is 10.1 Å². The van der Waals surface area contributed by atoms with Gasteiger partial charge in [-0.25, -0.2) is 4.98 Å². The lowest BCUT2D eigenvalue weighted by molar-refractivity contribution is 0.410. The zero-order valence-corrected chi connectivity index (χ0v) is 9.75. The predicted molar refractivity (Wildman–Crippen MR) is 66.8 cm³/mol. The monoisotopic (exact) mass is 235 g/mol. The molecule has 16 heavy (non-hydrogen) atoms. The summed E-state index contributed by atoms with van der Waals surface area (Å²) in [7, 11) is 1.67. The molecular formula is C11H13N3OS. The van der Waals surface area contributed by atoms with E-state index < -0.39 is 0 Å². The molecule has 2 aromatic rings. The number of hydrogen-bond donors (Lipinski definition) is 2. The molecule has 2 rings (SSSR count). The molecule has 0 amide bonds. The number of ether oxygens (including phenoxy) is 1.